The van der Waals surface area contributed by atoms with Crippen molar-refractivity contribution in [1.29, 1.82) is 0 Å². The minimum absolute atomic E-state index is 0.122. The van der Waals surface area contributed by atoms with Crippen molar-refractivity contribution < 1.29 is 19.3 Å². The Labute approximate surface area is 197 Å². The third-order valence-electron chi connectivity index (χ3n) is 5.10. The molecule has 0 bridgehead atoms. The molecule has 0 saturated carbocycles. The molecule has 1 heterocycles. The van der Waals surface area contributed by atoms with Crippen LogP contribution in [0.2, 0.25) is 5.02 Å². The van der Waals surface area contributed by atoms with Crippen LogP contribution in [0.5, 0.6) is 23.0 Å². The molecule has 0 aliphatic heterocycles. The molecule has 0 radical (unpaired) electrons. The average Bonchev–Trinajstić information content (AvgIpc) is 3.28. The van der Waals surface area contributed by atoms with Gasteiger partial charge < -0.3 is 19.3 Å². The molecule has 7 heteroatoms. The molecular weight excluding hydrogens is 440 g/mol. The number of hydrogen-bond donors (Lipinski definition) is 1. The molecule has 0 aliphatic carbocycles. The molecule has 0 aliphatic rings. The summed E-state index contributed by atoms with van der Waals surface area (Å²) >= 11 is 6.21. The van der Waals surface area contributed by atoms with Crippen molar-refractivity contribution in [1.82, 2.24) is 9.78 Å². The first-order valence-electron chi connectivity index (χ1n) is 10.2. The Kier molecular flexibility index (Phi) is 6.56. The van der Waals surface area contributed by atoms with Crippen LogP contribution in [0.25, 0.3) is 29.1 Å². The highest BCUT2D eigenvalue weighted by molar-refractivity contribution is 6.31. The van der Waals surface area contributed by atoms with Gasteiger partial charge in [-0.1, -0.05) is 35.9 Å². The van der Waals surface area contributed by atoms with E-state index in [1.54, 1.807) is 44.2 Å². The van der Waals surface area contributed by atoms with Crippen molar-refractivity contribution in [2.45, 2.75) is 0 Å². The summed E-state index contributed by atoms with van der Waals surface area (Å²) in [5.41, 5.74) is 3.71. The first kappa shape index (κ1) is 22.3. The third-order valence-corrected chi connectivity index (χ3v) is 5.33. The molecular formula is C26H23ClN2O4. The van der Waals surface area contributed by atoms with Gasteiger partial charge >= 0.3 is 0 Å². The van der Waals surface area contributed by atoms with E-state index >= 15 is 0 Å². The lowest BCUT2D eigenvalue weighted by atomic mass is 10.1. The van der Waals surface area contributed by atoms with Crippen molar-refractivity contribution in [3.05, 3.63) is 83.0 Å². The molecule has 168 valence electrons. The highest BCUT2D eigenvalue weighted by Crippen LogP contribution is 2.39. The topological polar surface area (TPSA) is 65.7 Å². The summed E-state index contributed by atoms with van der Waals surface area (Å²) in [4.78, 5) is 0. The second kappa shape index (κ2) is 9.71. The van der Waals surface area contributed by atoms with E-state index < -0.39 is 0 Å². The van der Waals surface area contributed by atoms with Gasteiger partial charge in [0, 0.05) is 10.6 Å². The number of hydrogen-bond acceptors (Lipinski definition) is 5. The second-order valence-electron chi connectivity index (χ2n) is 7.16. The summed E-state index contributed by atoms with van der Waals surface area (Å²) in [6, 6.07) is 20.3. The minimum atomic E-state index is 0.122. The number of aromatic hydroxyl groups is 1. The first-order valence-corrected chi connectivity index (χ1v) is 10.5. The van der Waals surface area contributed by atoms with E-state index in [9.17, 15) is 5.11 Å². The molecule has 6 nitrogen and oxygen atoms in total. The van der Waals surface area contributed by atoms with Gasteiger partial charge in [-0.2, -0.15) is 5.10 Å². The van der Waals surface area contributed by atoms with E-state index in [1.807, 2.05) is 60.7 Å². The summed E-state index contributed by atoms with van der Waals surface area (Å²) in [5, 5.41) is 15.8. The summed E-state index contributed by atoms with van der Waals surface area (Å²) < 4.78 is 18.0. The van der Waals surface area contributed by atoms with Crippen LogP contribution in [0.4, 0.5) is 0 Å². The van der Waals surface area contributed by atoms with Crippen molar-refractivity contribution in [3.63, 3.8) is 0 Å². The first-order chi connectivity index (χ1) is 16.0. The Hall–Kier alpha value is -3.90. The van der Waals surface area contributed by atoms with Gasteiger partial charge in [0.1, 0.15) is 5.75 Å². The van der Waals surface area contributed by atoms with Crippen LogP contribution in [0.3, 0.4) is 0 Å². The van der Waals surface area contributed by atoms with E-state index in [0.717, 1.165) is 11.3 Å². The van der Waals surface area contributed by atoms with Crippen molar-refractivity contribution >= 4 is 23.8 Å². The molecule has 1 aromatic heterocycles. The Morgan fingerprint density at radius 3 is 2.18 bits per heavy atom. The zero-order valence-corrected chi connectivity index (χ0v) is 19.2. The van der Waals surface area contributed by atoms with Crippen LogP contribution in [0, 0.1) is 0 Å². The second-order valence-corrected chi connectivity index (χ2v) is 7.59. The largest absolute Gasteiger partial charge is 0.507 e. The molecule has 0 amide bonds. The average molecular weight is 463 g/mol. The van der Waals surface area contributed by atoms with E-state index in [0.29, 0.717) is 39.2 Å². The fourth-order valence-electron chi connectivity index (χ4n) is 3.53. The van der Waals surface area contributed by atoms with Crippen molar-refractivity contribution in [3.8, 4) is 39.9 Å². The molecule has 0 spiro atoms. The fourth-order valence-corrected chi connectivity index (χ4v) is 3.70. The summed E-state index contributed by atoms with van der Waals surface area (Å²) in [6.07, 6.45) is 3.79. The lowest BCUT2D eigenvalue weighted by Crippen LogP contribution is -1.99. The van der Waals surface area contributed by atoms with Gasteiger partial charge in [0.05, 0.1) is 38.4 Å². The standard InChI is InChI=1S/C26H23ClN2O4/c1-31-24-13-17(14-25(32-2)26(24)33-3)9-11-19-16-22(21-15-18(27)10-12-23(21)30)29(28-19)20-7-5-4-6-8-20/h4-16,30H,1-3H3/b11-9+. The quantitative estimate of drug-likeness (QED) is 0.359. The molecule has 3 aromatic carbocycles. The Bertz CT molecular complexity index is 1270. The highest BCUT2D eigenvalue weighted by Gasteiger charge is 2.15. The van der Waals surface area contributed by atoms with Crippen LogP contribution in [-0.4, -0.2) is 36.2 Å². The number of phenolic OH excluding ortho intramolecular Hbond substituents is 1. The van der Waals surface area contributed by atoms with Gasteiger partial charge in [-0.3, -0.25) is 0 Å². The maximum Gasteiger partial charge on any atom is 0.203 e. The van der Waals surface area contributed by atoms with Crippen LogP contribution in [0.15, 0.2) is 66.7 Å². The predicted molar refractivity (Wildman–Crippen MR) is 131 cm³/mol. The van der Waals surface area contributed by atoms with E-state index in [-0.39, 0.29) is 5.75 Å². The summed E-state index contributed by atoms with van der Waals surface area (Å²) in [5.74, 6) is 1.78. The maximum atomic E-state index is 10.5. The smallest absolute Gasteiger partial charge is 0.203 e. The lowest BCUT2D eigenvalue weighted by molar-refractivity contribution is 0.324. The zero-order chi connectivity index (χ0) is 23.4. The summed E-state index contributed by atoms with van der Waals surface area (Å²) in [6.45, 7) is 0. The monoisotopic (exact) mass is 462 g/mol. The molecule has 4 rings (SSSR count). The van der Waals surface area contributed by atoms with Crippen LogP contribution in [-0.2, 0) is 0 Å². The Morgan fingerprint density at radius 2 is 1.55 bits per heavy atom. The molecule has 1 N–H and O–H groups in total. The van der Waals surface area contributed by atoms with Gasteiger partial charge in [0.2, 0.25) is 5.75 Å². The third kappa shape index (κ3) is 4.66. The minimum Gasteiger partial charge on any atom is -0.507 e. The highest BCUT2D eigenvalue weighted by atomic mass is 35.5. The van der Waals surface area contributed by atoms with Crippen molar-refractivity contribution in [2.75, 3.05) is 21.3 Å². The molecule has 0 saturated heterocycles. The number of nitrogens with zero attached hydrogens (tertiary/aromatic N) is 2. The van der Waals surface area contributed by atoms with Crippen LogP contribution < -0.4 is 14.2 Å². The van der Waals surface area contributed by atoms with Gasteiger partial charge in [0.25, 0.3) is 0 Å². The van der Waals surface area contributed by atoms with Gasteiger partial charge in [-0.25, -0.2) is 4.68 Å². The summed E-state index contributed by atoms with van der Waals surface area (Å²) in [7, 11) is 4.73. The van der Waals surface area contributed by atoms with Gasteiger partial charge in [0.15, 0.2) is 11.5 Å². The fraction of sp³-hybridized carbons (Fsp3) is 0.115. The van der Waals surface area contributed by atoms with Gasteiger partial charge in [-0.05, 0) is 60.2 Å². The van der Waals surface area contributed by atoms with E-state index in [2.05, 4.69) is 0 Å². The van der Waals surface area contributed by atoms with Crippen LogP contribution >= 0.6 is 11.6 Å². The van der Waals surface area contributed by atoms with E-state index in [4.69, 9.17) is 30.9 Å². The number of phenols is 1. The zero-order valence-electron chi connectivity index (χ0n) is 18.4. The number of rotatable bonds is 7. The predicted octanol–water partition coefficient (Wildman–Crippen LogP) is 6.09. The van der Waals surface area contributed by atoms with Crippen molar-refractivity contribution in [2.24, 2.45) is 0 Å². The lowest BCUT2D eigenvalue weighted by Gasteiger charge is -2.12. The van der Waals surface area contributed by atoms with E-state index in [1.165, 1.54) is 0 Å². The van der Waals surface area contributed by atoms with Gasteiger partial charge in [-0.15, -0.1) is 0 Å². The number of halogens is 1. The Morgan fingerprint density at radius 1 is 0.848 bits per heavy atom. The maximum absolute atomic E-state index is 10.5. The number of benzene rings is 3. The SMILES string of the molecule is COc1cc(/C=C/c2cc(-c3cc(Cl)ccc3O)n(-c3ccccc3)n2)cc(OC)c1OC. The van der Waals surface area contributed by atoms with Crippen LogP contribution in [0.1, 0.15) is 11.3 Å². The molecule has 0 unspecified atom stereocenters. The number of para-hydroxylation sites is 1. The molecule has 33 heavy (non-hydrogen) atoms. The Balaban J connectivity index is 1.79. The molecule has 0 atom stereocenters. The number of methoxy groups -OCH3 is 3. The number of aromatic nitrogens is 2. The molecule has 4 aromatic rings. The normalized spacial score (nSPS) is 11.0. The molecule has 0 fully saturated rings. The number of ether oxygens (including phenoxy) is 3.